The smallest absolute Gasteiger partial charge is 0.219 e. The molecule has 0 radical (unpaired) electrons. The Morgan fingerprint density at radius 1 is 1.53 bits per heavy atom. The fourth-order valence-electron chi connectivity index (χ4n) is 2.10. The monoisotopic (exact) mass is 213 g/mol. The molecule has 1 saturated carbocycles. The highest BCUT2D eigenvalue weighted by Gasteiger charge is 2.26. The lowest BCUT2D eigenvalue weighted by molar-refractivity contribution is -0.120. The van der Waals surface area contributed by atoms with Crippen LogP contribution < -0.4 is 11.1 Å². The van der Waals surface area contributed by atoms with E-state index in [4.69, 9.17) is 5.73 Å². The molecule has 1 fully saturated rings. The second-order valence-corrected chi connectivity index (χ2v) is 4.64. The lowest BCUT2D eigenvalue weighted by atomic mass is 9.80. The number of nitrogens with one attached hydrogen (secondary N) is 1. The number of nitrogens with two attached hydrogens (primary N) is 1. The lowest BCUT2D eigenvalue weighted by Gasteiger charge is -2.35. The maximum atomic E-state index is 11.0. The third kappa shape index (κ3) is 4.62. The molecule has 0 saturated heterocycles. The van der Waals surface area contributed by atoms with Crippen LogP contribution in [0.15, 0.2) is 0 Å². The van der Waals surface area contributed by atoms with Crippen LogP contribution in [0, 0.1) is 5.92 Å². The second-order valence-electron chi connectivity index (χ2n) is 4.64. The maximum Gasteiger partial charge on any atom is 0.219 e. The van der Waals surface area contributed by atoms with E-state index in [-0.39, 0.29) is 5.91 Å². The van der Waals surface area contributed by atoms with Gasteiger partial charge in [-0.3, -0.25) is 4.79 Å². The molecule has 1 aliphatic rings. The molecule has 0 bridgehead atoms. The Labute approximate surface area is 92.2 Å². The second kappa shape index (κ2) is 6.08. The van der Waals surface area contributed by atoms with Crippen LogP contribution in [-0.2, 0) is 4.79 Å². The van der Waals surface area contributed by atoms with Crippen LogP contribution >= 0.6 is 0 Å². The summed E-state index contributed by atoms with van der Waals surface area (Å²) in [6.07, 6.45) is 3.90. The minimum absolute atomic E-state index is 0.133. The number of hydrogen-bond acceptors (Lipinski definition) is 3. The lowest BCUT2D eigenvalue weighted by Crippen LogP contribution is -2.42. The zero-order chi connectivity index (χ0) is 11.3. The van der Waals surface area contributed by atoms with E-state index in [1.165, 1.54) is 12.8 Å². The quantitative estimate of drug-likeness (QED) is 0.662. The summed E-state index contributed by atoms with van der Waals surface area (Å²) in [6.45, 7) is 2.13. The Hall–Kier alpha value is -0.610. The van der Waals surface area contributed by atoms with Gasteiger partial charge >= 0.3 is 0 Å². The molecule has 1 amide bonds. The van der Waals surface area contributed by atoms with Gasteiger partial charge in [0.05, 0.1) is 0 Å². The van der Waals surface area contributed by atoms with Gasteiger partial charge in [0.2, 0.25) is 5.91 Å². The molecular formula is C11H23N3O. The molecule has 88 valence electrons. The molecule has 0 unspecified atom stereocenters. The number of hydrogen-bond donors (Lipinski definition) is 2. The molecule has 0 atom stereocenters. The average Bonchev–Trinajstić information content (AvgIpc) is 2.15. The Kier molecular flexibility index (Phi) is 5.05. The first kappa shape index (κ1) is 12.5. The van der Waals surface area contributed by atoms with Gasteiger partial charge in [-0.25, -0.2) is 0 Å². The number of amides is 1. The third-order valence-corrected chi connectivity index (χ3v) is 3.06. The van der Waals surface area contributed by atoms with Gasteiger partial charge in [-0.1, -0.05) is 0 Å². The molecule has 0 heterocycles. The van der Waals surface area contributed by atoms with Crippen molar-refractivity contribution in [1.82, 2.24) is 10.2 Å². The number of carbonyl (C=O) groups is 1. The minimum atomic E-state index is 0.133. The fraction of sp³-hybridized carbons (Fsp3) is 0.909. The van der Waals surface area contributed by atoms with Gasteiger partial charge < -0.3 is 16.0 Å². The predicted octanol–water partition coefficient (Wildman–Crippen LogP) is 0.182. The first-order chi connectivity index (χ1) is 7.11. The van der Waals surface area contributed by atoms with Crippen molar-refractivity contribution < 1.29 is 4.79 Å². The molecule has 0 aromatic heterocycles. The van der Waals surface area contributed by atoms with Gasteiger partial charge in [0, 0.05) is 26.1 Å². The largest absolute Gasteiger partial charge is 0.359 e. The summed E-state index contributed by atoms with van der Waals surface area (Å²) < 4.78 is 0. The van der Waals surface area contributed by atoms with E-state index < -0.39 is 0 Å². The molecule has 0 aromatic carbocycles. The van der Waals surface area contributed by atoms with Crippen molar-refractivity contribution in [1.29, 1.82) is 0 Å². The van der Waals surface area contributed by atoms with Crippen LogP contribution in [0.3, 0.4) is 0 Å². The van der Waals surface area contributed by atoms with Gasteiger partial charge in [-0.15, -0.1) is 0 Å². The molecule has 0 spiro atoms. The van der Waals surface area contributed by atoms with Crippen LogP contribution in [0.1, 0.15) is 25.7 Å². The van der Waals surface area contributed by atoms with Crippen molar-refractivity contribution in [2.24, 2.45) is 11.7 Å². The van der Waals surface area contributed by atoms with Gasteiger partial charge in [-0.2, -0.15) is 0 Å². The van der Waals surface area contributed by atoms with E-state index in [9.17, 15) is 4.79 Å². The van der Waals surface area contributed by atoms with Crippen molar-refractivity contribution in [3.63, 3.8) is 0 Å². The molecule has 0 aromatic rings. The summed E-state index contributed by atoms with van der Waals surface area (Å²) in [6, 6.07) is 0.439. The molecule has 4 nitrogen and oxygen atoms in total. The van der Waals surface area contributed by atoms with Crippen molar-refractivity contribution in [3.8, 4) is 0 Å². The fourth-order valence-corrected chi connectivity index (χ4v) is 2.10. The molecule has 3 N–H and O–H groups in total. The Morgan fingerprint density at radius 3 is 2.73 bits per heavy atom. The predicted molar refractivity (Wildman–Crippen MR) is 61.5 cm³/mol. The van der Waals surface area contributed by atoms with E-state index in [0.29, 0.717) is 12.5 Å². The molecular weight excluding hydrogens is 190 g/mol. The average molecular weight is 213 g/mol. The summed E-state index contributed by atoms with van der Waals surface area (Å²) in [4.78, 5) is 13.3. The zero-order valence-corrected chi connectivity index (χ0v) is 9.83. The first-order valence-electron chi connectivity index (χ1n) is 5.76. The highest BCUT2D eigenvalue weighted by atomic mass is 16.1. The standard InChI is InChI=1S/C11H23N3O/c1-13-11(15)4-3-5-14(2)8-9-6-10(12)7-9/h9-10H,3-8,12H2,1-2H3,(H,13,15). The number of rotatable bonds is 6. The Morgan fingerprint density at radius 2 is 2.20 bits per heavy atom. The Bertz CT molecular complexity index is 202. The molecule has 1 aliphatic carbocycles. The summed E-state index contributed by atoms with van der Waals surface area (Å²) in [7, 11) is 3.80. The van der Waals surface area contributed by atoms with Crippen LogP contribution in [0.2, 0.25) is 0 Å². The van der Waals surface area contributed by atoms with Crippen molar-refractivity contribution in [2.45, 2.75) is 31.7 Å². The van der Waals surface area contributed by atoms with Gasteiger partial charge in [0.25, 0.3) is 0 Å². The summed E-state index contributed by atoms with van der Waals surface area (Å²) >= 11 is 0. The normalized spacial score (nSPS) is 25.1. The van der Waals surface area contributed by atoms with E-state index in [0.717, 1.165) is 25.4 Å². The van der Waals surface area contributed by atoms with Crippen molar-refractivity contribution >= 4 is 5.91 Å². The summed E-state index contributed by atoms with van der Waals surface area (Å²) in [5.41, 5.74) is 5.73. The summed E-state index contributed by atoms with van der Waals surface area (Å²) in [5, 5.41) is 2.63. The van der Waals surface area contributed by atoms with E-state index in [1.54, 1.807) is 7.05 Å². The molecule has 1 rings (SSSR count). The highest BCUT2D eigenvalue weighted by molar-refractivity contribution is 5.75. The van der Waals surface area contributed by atoms with Crippen LogP contribution in [0.4, 0.5) is 0 Å². The van der Waals surface area contributed by atoms with Gasteiger partial charge in [0.1, 0.15) is 0 Å². The van der Waals surface area contributed by atoms with Crippen LogP contribution in [0.5, 0.6) is 0 Å². The number of nitrogens with zero attached hydrogens (tertiary/aromatic N) is 1. The topological polar surface area (TPSA) is 58.4 Å². The maximum absolute atomic E-state index is 11.0. The SMILES string of the molecule is CNC(=O)CCCN(C)CC1CC(N)C1. The Balaban J connectivity index is 1.98. The first-order valence-corrected chi connectivity index (χ1v) is 5.76. The van der Waals surface area contributed by atoms with Crippen LogP contribution in [0.25, 0.3) is 0 Å². The van der Waals surface area contributed by atoms with Crippen molar-refractivity contribution in [2.75, 3.05) is 27.2 Å². The van der Waals surface area contributed by atoms with E-state index in [2.05, 4.69) is 17.3 Å². The zero-order valence-electron chi connectivity index (χ0n) is 9.83. The molecule has 15 heavy (non-hydrogen) atoms. The molecule has 0 aliphatic heterocycles. The van der Waals surface area contributed by atoms with Gasteiger partial charge in [-0.05, 0) is 38.8 Å². The van der Waals surface area contributed by atoms with E-state index in [1.807, 2.05) is 0 Å². The van der Waals surface area contributed by atoms with Gasteiger partial charge in [0.15, 0.2) is 0 Å². The minimum Gasteiger partial charge on any atom is -0.359 e. The third-order valence-electron chi connectivity index (χ3n) is 3.06. The number of carbonyl (C=O) groups excluding carboxylic acids is 1. The van der Waals surface area contributed by atoms with E-state index >= 15 is 0 Å². The summed E-state index contributed by atoms with van der Waals surface area (Å²) in [5.74, 6) is 0.916. The van der Waals surface area contributed by atoms with Crippen LogP contribution in [-0.4, -0.2) is 44.0 Å². The van der Waals surface area contributed by atoms with Crippen molar-refractivity contribution in [3.05, 3.63) is 0 Å². The highest BCUT2D eigenvalue weighted by Crippen LogP contribution is 2.25. The molecule has 4 heteroatoms.